The van der Waals surface area contributed by atoms with E-state index in [0.717, 1.165) is 46.0 Å². The Morgan fingerprint density at radius 2 is 1.00 bits per heavy atom. The quantitative estimate of drug-likeness (QED) is 0.118. The Balaban J connectivity index is 1.54. The van der Waals surface area contributed by atoms with Crippen LogP contribution in [0.4, 0.5) is 0 Å². The molecule has 5 aromatic carbocycles. The van der Waals surface area contributed by atoms with Gasteiger partial charge < -0.3 is 0 Å². The monoisotopic (exact) mass is 570 g/mol. The number of hydrogen-bond donors (Lipinski definition) is 0. The maximum absolute atomic E-state index is 5.14. The Morgan fingerprint density at radius 1 is 0.465 bits per heavy atom. The molecular formula is C40H34N2Si. The van der Waals surface area contributed by atoms with Gasteiger partial charge in [-0.1, -0.05) is 147 Å². The Bertz CT molecular complexity index is 1940. The van der Waals surface area contributed by atoms with Crippen LogP contribution in [0.3, 0.4) is 0 Å². The summed E-state index contributed by atoms with van der Waals surface area (Å²) in [4.78, 5) is 10.2. The first kappa shape index (κ1) is 27.0. The number of rotatable bonds is 7. The second-order valence-corrected chi connectivity index (χ2v) is 14.9. The number of benzene rings is 5. The van der Waals surface area contributed by atoms with Gasteiger partial charge in [0.15, 0.2) is 8.07 Å². The number of nitrogens with zero attached hydrogens (tertiary/aromatic N) is 2. The molecule has 0 bridgehead atoms. The maximum Gasteiger partial charge on any atom is 0.179 e. The van der Waals surface area contributed by atoms with Gasteiger partial charge in [0.25, 0.3) is 0 Å². The van der Waals surface area contributed by atoms with Crippen molar-refractivity contribution in [2.75, 3.05) is 0 Å². The molecule has 2 nitrogen and oxygen atoms in total. The molecule has 0 atom stereocenters. The first-order chi connectivity index (χ1) is 21.2. The van der Waals surface area contributed by atoms with E-state index in [9.17, 15) is 0 Å². The fraction of sp³-hybridized carbons (Fsp3) is 0.100. The topological polar surface area (TPSA) is 25.8 Å². The average Bonchev–Trinajstić information content (AvgIpc) is 3.09. The van der Waals surface area contributed by atoms with Gasteiger partial charge in [-0.25, -0.2) is 0 Å². The molecule has 0 aliphatic heterocycles. The molecule has 0 aliphatic rings. The Morgan fingerprint density at radius 3 is 1.58 bits per heavy atom. The van der Waals surface area contributed by atoms with Crippen LogP contribution >= 0.6 is 0 Å². The minimum atomic E-state index is -2.64. The van der Waals surface area contributed by atoms with Crippen molar-refractivity contribution in [3.05, 3.63) is 157 Å². The highest BCUT2D eigenvalue weighted by atomic mass is 28.3. The molecule has 0 N–H and O–H groups in total. The minimum absolute atomic E-state index is 0.864. The predicted octanol–water partition coefficient (Wildman–Crippen LogP) is 6.95. The van der Waals surface area contributed by atoms with Crippen LogP contribution in [0.1, 0.15) is 25.2 Å². The Labute approximate surface area is 254 Å². The maximum atomic E-state index is 5.14. The molecule has 7 rings (SSSR count). The predicted molar refractivity (Wildman–Crippen MR) is 185 cm³/mol. The third kappa shape index (κ3) is 4.67. The van der Waals surface area contributed by atoms with Gasteiger partial charge in [0.2, 0.25) is 0 Å². The molecule has 7 aromatic rings. The molecule has 0 saturated carbocycles. The first-order valence-corrected chi connectivity index (χ1v) is 17.2. The van der Waals surface area contributed by atoms with Crippen LogP contribution in [0.25, 0.3) is 32.9 Å². The number of aromatic nitrogens is 2. The van der Waals surface area contributed by atoms with Crippen LogP contribution in [0.15, 0.2) is 146 Å². The summed E-state index contributed by atoms with van der Waals surface area (Å²) in [7, 11) is -2.64. The molecule has 2 aromatic heterocycles. The van der Waals surface area contributed by atoms with Gasteiger partial charge in [0, 0.05) is 22.2 Å². The fourth-order valence-corrected chi connectivity index (χ4v) is 11.4. The van der Waals surface area contributed by atoms with Gasteiger partial charge in [0.05, 0.1) is 11.0 Å². The van der Waals surface area contributed by atoms with Crippen LogP contribution in [0.2, 0.25) is 0 Å². The van der Waals surface area contributed by atoms with Crippen molar-refractivity contribution in [2.45, 2.75) is 26.7 Å². The molecule has 208 valence electrons. The standard InChI is InChI=1S/C40H34N2Si/c1-3-31-25-23-29-24-26-37-38(28-32(4-2)42-40(37)39(29)41-31)30-15-14-22-36(27-30)43(33-16-8-5-9-17-33,34-18-10-6-11-19-34)35-20-12-7-13-21-35/h5-28H,3-4H2,1-2H3. The normalized spacial score (nSPS) is 11.7. The highest BCUT2D eigenvalue weighted by molar-refractivity contribution is 7.19. The molecule has 0 fully saturated rings. The van der Waals surface area contributed by atoms with Gasteiger partial charge in [-0.05, 0) is 56.8 Å². The molecule has 0 amide bonds. The van der Waals surface area contributed by atoms with E-state index in [-0.39, 0.29) is 0 Å². The van der Waals surface area contributed by atoms with E-state index >= 15 is 0 Å². The SMILES string of the molecule is CCc1ccc2ccc3c(-c4cccc([Si](c5ccccc5)(c5ccccc5)c5ccccc5)c4)cc(CC)nc3c2n1. The molecule has 0 unspecified atom stereocenters. The summed E-state index contributed by atoms with van der Waals surface area (Å²) in [5.41, 5.74) is 6.59. The number of pyridine rings is 2. The highest BCUT2D eigenvalue weighted by Crippen LogP contribution is 2.32. The summed E-state index contributed by atoms with van der Waals surface area (Å²) < 4.78 is 0. The lowest BCUT2D eigenvalue weighted by atomic mass is 9.98. The van der Waals surface area contributed by atoms with E-state index in [4.69, 9.17) is 9.97 Å². The number of fused-ring (bicyclic) bond motifs is 3. The van der Waals surface area contributed by atoms with Crippen LogP contribution in [-0.2, 0) is 12.8 Å². The first-order valence-electron chi connectivity index (χ1n) is 15.2. The van der Waals surface area contributed by atoms with Gasteiger partial charge in [-0.2, -0.15) is 0 Å². The van der Waals surface area contributed by atoms with Crippen molar-refractivity contribution in [1.82, 2.24) is 9.97 Å². The van der Waals surface area contributed by atoms with Crippen molar-refractivity contribution < 1.29 is 0 Å². The largest absolute Gasteiger partial charge is 0.251 e. The molecule has 43 heavy (non-hydrogen) atoms. The van der Waals surface area contributed by atoms with Crippen molar-refractivity contribution in [1.29, 1.82) is 0 Å². The summed E-state index contributed by atoms with van der Waals surface area (Å²) in [5, 5.41) is 7.77. The van der Waals surface area contributed by atoms with Gasteiger partial charge >= 0.3 is 0 Å². The lowest BCUT2D eigenvalue weighted by Crippen LogP contribution is -2.74. The number of aryl methyl sites for hydroxylation is 2. The van der Waals surface area contributed by atoms with Crippen LogP contribution in [0.5, 0.6) is 0 Å². The second kappa shape index (κ2) is 11.4. The molecule has 0 aliphatic carbocycles. The second-order valence-electron chi connectivity index (χ2n) is 11.1. The van der Waals surface area contributed by atoms with Crippen molar-refractivity contribution in [3.63, 3.8) is 0 Å². The van der Waals surface area contributed by atoms with Crippen molar-refractivity contribution in [3.8, 4) is 11.1 Å². The zero-order valence-corrected chi connectivity index (χ0v) is 25.7. The summed E-state index contributed by atoms with van der Waals surface area (Å²) in [6.07, 6.45) is 1.77. The Kier molecular flexibility index (Phi) is 7.18. The molecule has 0 radical (unpaired) electrons. The zero-order valence-electron chi connectivity index (χ0n) is 24.7. The van der Waals surface area contributed by atoms with E-state index in [1.54, 1.807) is 0 Å². The summed E-state index contributed by atoms with van der Waals surface area (Å²) in [6.45, 7) is 4.34. The van der Waals surface area contributed by atoms with Gasteiger partial charge in [-0.3, -0.25) is 9.97 Å². The summed E-state index contributed by atoms with van der Waals surface area (Å²) in [5.74, 6) is 0. The van der Waals surface area contributed by atoms with E-state index in [1.165, 1.54) is 31.9 Å². The van der Waals surface area contributed by atoms with E-state index in [0.29, 0.717) is 0 Å². The average molecular weight is 571 g/mol. The molecule has 3 heteroatoms. The van der Waals surface area contributed by atoms with E-state index in [2.05, 4.69) is 159 Å². The van der Waals surface area contributed by atoms with E-state index in [1.807, 2.05) is 0 Å². The van der Waals surface area contributed by atoms with Crippen molar-refractivity contribution in [2.24, 2.45) is 0 Å². The Hall–Kier alpha value is -4.86. The lowest BCUT2D eigenvalue weighted by Gasteiger charge is -2.34. The van der Waals surface area contributed by atoms with Gasteiger partial charge in [-0.15, -0.1) is 0 Å². The van der Waals surface area contributed by atoms with Crippen LogP contribution in [0, 0.1) is 0 Å². The smallest absolute Gasteiger partial charge is 0.179 e. The van der Waals surface area contributed by atoms with Crippen LogP contribution < -0.4 is 20.7 Å². The third-order valence-corrected chi connectivity index (χ3v) is 13.5. The minimum Gasteiger partial charge on any atom is -0.251 e. The third-order valence-electron chi connectivity index (χ3n) is 8.70. The number of hydrogen-bond acceptors (Lipinski definition) is 2. The van der Waals surface area contributed by atoms with E-state index < -0.39 is 8.07 Å². The zero-order chi connectivity index (χ0) is 29.2. The van der Waals surface area contributed by atoms with Gasteiger partial charge in [0.1, 0.15) is 0 Å². The lowest BCUT2D eigenvalue weighted by molar-refractivity contribution is 1.05. The van der Waals surface area contributed by atoms with Crippen LogP contribution in [-0.4, -0.2) is 18.0 Å². The summed E-state index contributed by atoms with van der Waals surface area (Å²) >= 11 is 0. The molecule has 0 saturated heterocycles. The fourth-order valence-electron chi connectivity index (χ4n) is 6.57. The van der Waals surface area contributed by atoms with Crippen molar-refractivity contribution >= 4 is 50.6 Å². The molecule has 2 heterocycles. The highest BCUT2D eigenvalue weighted by Gasteiger charge is 2.41. The summed E-state index contributed by atoms with van der Waals surface area (Å²) in [6, 6.07) is 53.7. The molecular weight excluding hydrogens is 537 g/mol. The molecule has 0 spiro atoms.